The van der Waals surface area contributed by atoms with Gasteiger partial charge in [-0.15, -0.1) is 0 Å². The molecule has 0 aromatic heterocycles. The molecule has 0 unspecified atom stereocenters. The first-order valence-corrected chi connectivity index (χ1v) is 14.7. The zero-order valence-corrected chi connectivity index (χ0v) is 24.0. The van der Waals surface area contributed by atoms with E-state index < -0.39 is 21.9 Å². The van der Waals surface area contributed by atoms with E-state index in [2.05, 4.69) is 15.2 Å². The smallest absolute Gasteiger partial charge is 0.345 e. The molecule has 210 valence electrons. The van der Waals surface area contributed by atoms with Crippen LogP contribution in [0.2, 0.25) is 10.0 Å². The molecule has 0 aliphatic heterocycles. The highest BCUT2D eigenvalue weighted by Crippen LogP contribution is 2.28. The van der Waals surface area contributed by atoms with Gasteiger partial charge in [-0.3, -0.25) is 9.52 Å². The molecule has 5 aromatic rings. The number of benzene rings is 5. The van der Waals surface area contributed by atoms with Crippen molar-refractivity contribution < 1.29 is 22.7 Å². The predicted octanol–water partition coefficient (Wildman–Crippen LogP) is 6.93. The zero-order valence-electron chi connectivity index (χ0n) is 21.6. The Bertz CT molecular complexity index is 1940. The largest absolute Gasteiger partial charge is 0.422 e. The normalized spacial score (nSPS) is 11.4. The van der Waals surface area contributed by atoms with Crippen LogP contribution in [0.4, 0.5) is 5.69 Å². The second-order valence-corrected chi connectivity index (χ2v) is 11.4. The van der Waals surface area contributed by atoms with Crippen molar-refractivity contribution >= 4 is 67.8 Å². The van der Waals surface area contributed by atoms with Crippen molar-refractivity contribution in [3.05, 3.63) is 136 Å². The minimum Gasteiger partial charge on any atom is -0.422 e. The maximum atomic E-state index is 13.1. The number of nitrogens with zero attached hydrogens (tertiary/aromatic N) is 1. The van der Waals surface area contributed by atoms with Gasteiger partial charge in [0.15, 0.2) is 0 Å². The van der Waals surface area contributed by atoms with Crippen LogP contribution < -0.4 is 14.9 Å². The van der Waals surface area contributed by atoms with Crippen LogP contribution in [-0.4, -0.2) is 26.5 Å². The third-order valence-electron chi connectivity index (χ3n) is 6.13. The van der Waals surface area contributed by atoms with E-state index in [1.807, 2.05) is 24.3 Å². The highest BCUT2D eigenvalue weighted by molar-refractivity contribution is 7.92. The molecular weight excluding hydrogens is 597 g/mol. The van der Waals surface area contributed by atoms with E-state index in [0.717, 1.165) is 10.8 Å². The van der Waals surface area contributed by atoms with Gasteiger partial charge in [-0.1, -0.05) is 77.8 Å². The molecule has 8 nitrogen and oxygen atoms in total. The molecule has 0 aliphatic carbocycles. The average molecular weight is 618 g/mol. The Hall–Kier alpha value is -4.70. The molecule has 11 heteroatoms. The van der Waals surface area contributed by atoms with Crippen LogP contribution in [0.25, 0.3) is 10.8 Å². The van der Waals surface area contributed by atoms with E-state index in [9.17, 15) is 18.0 Å². The summed E-state index contributed by atoms with van der Waals surface area (Å²) in [6.45, 7) is 0. The van der Waals surface area contributed by atoms with Crippen LogP contribution in [0.3, 0.4) is 0 Å². The van der Waals surface area contributed by atoms with Crippen LogP contribution in [0.5, 0.6) is 5.75 Å². The molecule has 0 heterocycles. The molecule has 0 atom stereocenters. The fourth-order valence-corrected chi connectivity index (χ4v) is 5.50. The van der Waals surface area contributed by atoms with E-state index in [-0.39, 0.29) is 32.5 Å². The summed E-state index contributed by atoms with van der Waals surface area (Å²) < 4.78 is 33.9. The van der Waals surface area contributed by atoms with Crippen molar-refractivity contribution in [2.24, 2.45) is 5.10 Å². The SMILES string of the molecule is O=C(Oc1ccc2ccccc2c1/C=N/NC(=O)c1ccccc1NS(=O)(=O)c1ccc(Cl)cc1)c1ccccc1Cl. The molecule has 5 aromatic carbocycles. The lowest BCUT2D eigenvalue weighted by molar-refractivity contribution is 0.0734. The summed E-state index contributed by atoms with van der Waals surface area (Å²) in [6, 6.07) is 29.1. The van der Waals surface area contributed by atoms with Crippen molar-refractivity contribution in [1.82, 2.24) is 5.43 Å². The summed E-state index contributed by atoms with van der Waals surface area (Å²) in [7, 11) is -4.00. The number of anilines is 1. The molecule has 0 radical (unpaired) electrons. The van der Waals surface area contributed by atoms with E-state index in [1.165, 1.54) is 42.6 Å². The molecule has 1 amide bonds. The lowest BCUT2D eigenvalue weighted by Crippen LogP contribution is -2.21. The Kier molecular flexibility index (Phi) is 8.53. The molecule has 0 saturated carbocycles. The summed E-state index contributed by atoms with van der Waals surface area (Å²) in [6.07, 6.45) is 1.36. The van der Waals surface area contributed by atoms with Gasteiger partial charge < -0.3 is 4.74 Å². The van der Waals surface area contributed by atoms with Crippen LogP contribution in [0.15, 0.2) is 119 Å². The van der Waals surface area contributed by atoms with Crippen LogP contribution in [0.1, 0.15) is 26.3 Å². The molecule has 0 aliphatic rings. The van der Waals surface area contributed by atoms with E-state index >= 15 is 0 Å². The topological polar surface area (TPSA) is 114 Å². The monoisotopic (exact) mass is 617 g/mol. The highest BCUT2D eigenvalue weighted by atomic mass is 35.5. The number of amides is 1. The van der Waals surface area contributed by atoms with E-state index in [4.69, 9.17) is 27.9 Å². The summed E-state index contributed by atoms with van der Waals surface area (Å²) in [5.74, 6) is -1.13. The van der Waals surface area contributed by atoms with Crippen LogP contribution in [-0.2, 0) is 10.0 Å². The maximum absolute atomic E-state index is 13.1. The Morgan fingerprint density at radius 2 is 1.43 bits per heavy atom. The predicted molar refractivity (Wildman–Crippen MR) is 164 cm³/mol. The number of fused-ring (bicyclic) bond motifs is 1. The number of carbonyl (C=O) groups is 2. The third kappa shape index (κ3) is 6.44. The number of esters is 1. The maximum Gasteiger partial charge on any atom is 0.345 e. The summed E-state index contributed by atoms with van der Waals surface area (Å²) in [4.78, 5) is 26.0. The lowest BCUT2D eigenvalue weighted by atomic mass is 10.0. The minimum absolute atomic E-state index is 0.0186. The average Bonchev–Trinajstić information content (AvgIpc) is 2.98. The number of sulfonamides is 1. The Labute approximate surface area is 251 Å². The number of para-hydroxylation sites is 1. The van der Waals surface area contributed by atoms with Crippen molar-refractivity contribution in [2.75, 3.05) is 4.72 Å². The Morgan fingerprint density at radius 3 is 2.19 bits per heavy atom. The van der Waals surface area contributed by atoms with Crippen LogP contribution >= 0.6 is 23.2 Å². The number of carbonyl (C=O) groups excluding carboxylic acids is 2. The van der Waals surface area contributed by atoms with Gasteiger partial charge in [-0.05, 0) is 65.4 Å². The third-order valence-corrected chi connectivity index (χ3v) is 8.09. The van der Waals surface area contributed by atoms with Crippen LogP contribution in [0, 0.1) is 0 Å². The molecule has 5 rings (SSSR count). The van der Waals surface area contributed by atoms with E-state index in [1.54, 1.807) is 48.5 Å². The molecule has 0 fully saturated rings. The number of nitrogens with one attached hydrogen (secondary N) is 2. The fourth-order valence-electron chi connectivity index (χ4n) is 4.08. The van der Waals surface area contributed by atoms with Gasteiger partial charge in [0.2, 0.25) is 0 Å². The lowest BCUT2D eigenvalue weighted by Gasteiger charge is -2.12. The van der Waals surface area contributed by atoms with Gasteiger partial charge in [-0.2, -0.15) is 5.10 Å². The van der Waals surface area contributed by atoms with Gasteiger partial charge in [0.25, 0.3) is 15.9 Å². The number of ether oxygens (including phenoxy) is 1. The van der Waals surface area contributed by atoms with Crippen molar-refractivity contribution in [2.45, 2.75) is 4.90 Å². The van der Waals surface area contributed by atoms with Crippen molar-refractivity contribution in [3.63, 3.8) is 0 Å². The molecule has 0 spiro atoms. The molecule has 0 saturated heterocycles. The molecule has 0 bridgehead atoms. The highest BCUT2D eigenvalue weighted by Gasteiger charge is 2.19. The van der Waals surface area contributed by atoms with Gasteiger partial charge in [0.1, 0.15) is 5.75 Å². The second-order valence-electron chi connectivity index (χ2n) is 8.87. The van der Waals surface area contributed by atoms with Gasteiger partial charge >= 0.3 is 5.97 Å². The second kappa shape index (κ2) is 12.4. The minimum atomic E-state index is -4.00. The van der Waals surface area contributed by atoms with Gasteiger partial charge in [-0.25, -0.2) is 18.6 Å². The van der Waals surface area contributed by atoms with Crippen molar-refractivity contribution in [3.8, 4) is 5.75 Å². The van der Waals surface area contributed by atoms with Gasteiger partial charge in [0, 0.05) is 10.6 Å². The summed E-state index contributed by atoms with van der Waals surface area (Å²) in [5, 5.41) is 6.30. The molecule has 2 N–H and O–H groups in total. The van der Waals surface area contributed by atoms with Crippen molar-refractivity contribution in [1.29, 1.82) is 0 Å². The summed E-state index contributed by atoms with van der Waals surface area (Å²) >= 11 is 12.0. The number of rotatable bonds is 8. The first kappa shape index (κ1) is 28.8. The first-order valence-electron chi connectivity index (χ1n) is 12.4. The quantitative estimate of drug-likeness (QED) is 0.0848. The zero-order chi connectivity index (χ0) is 29.7. The Balaban J connectivity index is 1.40. The van der Waals surface area contributed by atoms with Gasteiger partial charge in [0.05, 0.1) is 32.9 Å². The number of hydrogen-bond donors (Lipinski definition) is 2. The Morgan fingerprint density at radius 1 is 0.762 bits per heavy atom. The van der Waals surface area contributed by atoms with E-state index in [0.29, 0.717) is 10.6 Å². The standard InChI is InChI=1S/C31H21Cl2N3O5S/c32-21-14-16-22(17-15-21)42(39,40)36-28-12-6-4-10-25(28)30(37)35-34-19-26-23-8-2-1-7-20(23)13-18-29(26)41-31(38)24-9-3-5-11-27(24)33/h1-19,36H,(H,35,37)/b34-19+. The number of hydrogen-bond acceptors (Lipinski definition) is 6. The molecular formula is C31H21Cl2N3O5S. The fraction of sp³-hybridized carbons (Fsp3) is 0. The first-order chi connectivity index (χ1) is 20.2. The molecule has 42 heavy (non-hydrogen) atoms. The number of halogens is 2. The number of hydrazone groups is 1. The summed E-state index contributed by atoms with van der Waals surface area (Å²) in [5.41, 5.74) is 3.15.